The fourth-order valence-electron chi connectivity index (χ4n) is 2.84. The Labute approximate surface area is 143 Å². The van der Waals surface area contributed by atoms with Gasteiger partial charge in [0, 0.05) is 23.8 Å². The highest BCUT2D eigenvalue weighted by molar-refractivity contribution is 5.93. The van der Waals surface area contributed by atoms with Crippen LogP contribution in [0.3, 0.4) is 0 Å². The highest BCUT2D eigenvalue weighted by atomic mass is 16.2. The highest BCUT2D eigenvalue weighted by Gasteiger charge is 2.13. The van der Waals surface area contributed by atoms with Crippen LogP contribution in [0.2, 0.25) is 0 Å². The summed E-state index contributed by atoms with van der Waals surface area (Å²) in [5.74, 6) is -0.103. The van der Waals surface area contributed by atoms with Gasteiger partial charge in [0.2, 0.25) is 11.8 Å². The van der Waals surface area contributed by atoms with Gasteiger partial charge in [0.1, 0.15) is 0 Å². The maximum absolute atomic E-state index is 12.1. The first-order chi connectivity index (χ1) is 11.5. The van der Waals surface area contributed by atoms with Crippen LogP contribution in [-0.2, 0) is 9.59 Å². The van der Waals surface area contributed by atoms with E-state index < -0.39 is 0 Å². The summed E-state index contributed by atoms with van der Waals surface area (Å²) in [6.07, 6.45) is 5.14. The van der Waals surface area contributed by atoms with Gasteiger partial charge in [0.15, 0.2) is 0 Å². The van der Waals surface area contributed by atoms with Crippen LogP contribution < -0.4 is 16.4 Å². The van der Waals surface area contributed by atoms with Crippen molar-refractivity contribution >= 4 is 23.2 Å². The van der Waals surface area contributed by atoms with Gasteiger partial charge in [-0.2, -0.15) is 0 Å². The standard InChI is InChI=1S/C18H28N4O2/c1-14(19)12-17(23)20-15-6-8-16(9-7-15)21-18(24)13-22-10-4-2-3-5-11-22/h6-9,14H,2-5,10-13,19H2,1H3,(H,20,23)(H,21,24). The van der Waals surface area contributed by atoms with Gasteiger partial charge in [-0.15, -0.1) is 0 Å². The Morgan fingerprint density at radius 3 is 2.00 bits per heavy atom. The minimum absolute atomic E-state index is 0.00522. The largest absolute Gasteiger partial charge is 0.327 e. The lowest BCUT2D eigenvalue weighted by Gasteiger charge is -2.19. The number of nitrogens with zero attached hydrogens (tertiary/aromatic N) is 1. The van der Waals surface area contributed by atoms with Crippen LogP contribution in [0.5, 0.6) is 0 Å². The molecule has 0 radical (unpaired) electrons. The second-order valence-electron chi connectivity index (χ2n) is 6.55. The number of amides is 2. The summed E-state index contributed by atoms with van der Waals surface area (Å²) in [5, 5.41) is 5.70. The van der Waals surface area contributed by atoms with E-state index in [-0.39, 0.29) is 24.3 Å². The predicted molar refractivity (Wildman–Crippen MR) is 96.9 cm³/mol. The quantitative estimate of drug-likeness (QED) is 0.745. The van der Waals surface area contributed by atoms with E-state index in [2.05, 4.69) is 15.5 Å². The molecule has 1 fully saturated rings. The van der Waals surface area contributed by atoms with E-state index in [4.69, 9.17) is 5.73 Å². The average molecular weight is 332 g/mol. The molecule has 1 aromatic carbocycles. The molecule has 6 nitrogen and oxygen atoms in total. The number of carbonyl (C=O) groups excluding carboxylic acids is 2. The summed E-state index contributed by atoms with van der Waals surface area (Å²) in [5.41, 5.74) is 7.04. The molecule has 1 aliphatic heterocycles. The number of nitrogens with two attached hydrogens (primary N) is 1. The van der Waals surface area contributed by atoms with E-state index in [0.717, 1.165) is 18.8 Å². The Morgan fingerprint density at radius 2 is 1.50 bits per heavy atom. The SMILES string of the molecule is CC(N)CC(=O)Nc1ccc(NC(=O)CN2CCCCCC2)cc1. The number of rotatable bonds is 6. The molecule has 1 unspecified atom stereocenters. The van der Waals surface area contributed by atoms with Crippen molar-refractivity contribution in [1.82, 2.24) is 4.90 Å². The minimum atomic E-state index is -0.164. The highest BCUT2D eigenvalue weighted by Crippen LogP contribution is 2.14. The van der Waals surface area contributed by atoms with Gasteiger partial charge in [-0.1, -0.05) is 12.8 Å². The number of carbonyl (C=O) groups is 2. The molecule has 4 N–H and O–H groups in total. The second-order valence-corrected chi connectivity index (χ2v) is 6.55. The van der Waals surface area contributed by atoms with Crippen molar-refractivity contribution in [2.45, 2.75) is 45.1 Å². The van der Waals surface area contributed by atoms with E-state index in [1.807, 2.05) is 0 Å². The van der Waals surface area contributed by atoms with Crippen LogP contribution in [0.4, 0.5) is 11.4 Å². The molecular weight excluding hydrogens is 304 g/mol. The number of anilines is 2. The average Bonchev–Trinajstić information content (AvgIpc) is 2.77. The lowest BCUT2D eigenvalue weighted by molar-refractivity contribution is -0.117. The summed E-state index contributed by atoms with van der Waals surface area (Å²) in [7, 11) is 0. The number of nitrogens with one attached hydrogen (secondary N) is 2. The maximum atomic E-state index is 12.1. The zero-order valence-corrected chi connectivity index (χ0v) is 14.4. The first kappa shape index (κ1) is 18.4. The molecule has 1 atom stereocenters. The number of hydrogen-bond donors (Lipinski definition) is 3. The summed E-state index contributed by atoms with van der Waals surface area (Å²) >= 11 is 0. The topological polar surface area (TPSA) is 87.5 Å². The summed E-state index contributed by atoms with van der Waals surface area (Å²) in [4.78, 5) is 26.0. The Morgan fingerprint density at radius 1 is 1.00 bits per heavy atom. The molecule has 2 amide bonds. The number of benzene rings is 1. The van der Waals surface area contributed by atoms with Crippen molar-refractivity contribution < 1.29 is 9.59 Å². The van der Waals surface area contributed by atoms with Crippen molar-refractivity contribution in [2.24, 2.45) is 5.73 Å². The first-order valence-corrected chi connectivity index (χ1v) is 8.70. The predicted octanol–water partition coefficient (Wildman–Crippen LogP) is 2.18. The van der Waals surface area contributed by atoms with E-state index in [1.54, 1.807) is 31.2 Å². The van der Waals surface area contributed by atoms with Crippen LogP contribution in [0.25, 0.3) is 0 Å². The van der Waals surface area contributed by atoms with E-state index in [1.165, 1.54) is 25.7 Å². The molecule has 1 heterocycles. The van der Waals surface area contributed by atoms with Gasteiger partial charge in [0.25, 0.3) is 0 Å². The van der Waals surface area contributed by atoms with Crippen molar-refractivity contribution in [1.29, 1.82) is 0 Å². The molecule has 132 valence electrons. The Balaban J connectivity index is 1.80. The minimum Gasteiger partial charge on any atom is -0.327 e. The lowest BCUT2D eigenvalue weighted by atomic mass is 10.2. The molecule has 1 aliphatic rings. The first-order valence-electron chi connectivity index (χ1n) is 8.70. The summed E-state index contributed by atoms with van der Waals surface area (Å²) in [6, 6.07) is 6.98. The van der Waals surface area contributed by atoms with Gasteiger partial charge < -0.3 is 16.4 Å². The Bertz CT molecular complexity index is 534. The molecule has 0 aliphatic carbocycles. The molecule has 1 saturated heterocycles. The van der Waals surface area contributed by atoms with E-state index in [9.17, 15) is 9.59 Å². The molecule has 0 saturated carbocycles. The van der Waals surface area contributed by atoms with Crippen LogP contribution in [-0.4, -0.2) is 42.4 Å². The summed E-state index contributed by atoms with van der Waals surface area (Å²) < 4.78 is 0. The molecule has 1 aromatic rings. The van der Waals surface area contributed by atoms with E-state index >= 15 is 0 Å². The molecule has 24 heavy (non-hydrogen) atoms. The molecule has 2 rings (SSSR count). The molecule has 0 spiro atoms. The number of hydrogen-bond acceptors (Lipinski definition) is 4. The lowest BCUT2D eigenvalue weighted by Crippen LogP contribution is -2.33. The van der Waals surface area contributed by atoms with Crippen molar-refractivity contribution in [3.05, 3.63) is 24.3 Å². The molecule has 0 aromatic heterocycles. The van der Waals surface area contributed by atoms with Crippen LogP contribution in [0, 0.1) is 0 Å². The van der Waals surface area contributed by atoms with Gasteiger partial charge >= 0.3 is 0 Å². The smallest absolute Gasteiger partial charge is 0.238 e. The van der Waals surface area contributed by atoms with Crippen molar-refractivity contribution in [2.75, 3.05) is 30.3 Å². The fraction of sp³-hybridized carbons (Fsp3) is 0.556. The third-order valence-electron chi connectivity index (χ3n) is 4.03. The molecular formula is C18H28N4O2. The number of likely N-dealkylation sites (tertiary alicyclic amines) is 1. The fourth-order valence-corrected chi connectivity index (χ4v) is 2.84. The van der Waals surface area contributed by atoms with E-state index in [0.29, 0.717) is 12.2 Å². The summed E-state index contributed by atoms with van der Waals surface area (Å²) in [6.45, 7) is 4.23. The van der Waals surface area contributed by atoms with Crippen molar-refractivity contribution in [3.63, 3.8) is 0 Å². The third kappa shape index (κ3) is 6.68. The zero-order valence-electron chi connectivity index (χ0n) is 14.4. The van der Waals surface area contributed by atoms with Crippen LogP contribution in [0.1, 0.15) is 39.0 Å². The molecule has 6 heteroatoms. The monoisotopic (exact) mass is 332 g/mol. The van der Waals surface area contributed by atoms with Gasteiger partial charge in [-0.05, 0) is 57.1 Å². The third-order valence-corrected chi connectivity index (χ3v) is 4.03. The van der Waals surface area contributed by atoms with Crippen LogP contribution in [0.15, 0.2) is 24.3 Å². The van der Waals surface area contributed by atoms with Gasteiger partial charge in [-0.25, -0.2) is 0 Å². The van der Waals surface area contributed by atoms with Gasteiger partial charge in [-0.3, -0.25) is 14.5 Å². The second kappa shape index (κ2) is 9.39. The van der Waals surface area contributed by atoms with Crippen LogP contribution >= 0.6 is 0 Å². The zero-order chi connectivity index (χ0) is 17.4. The Hall–Kier alpha value is -1.92. The van der Waals surface area contributed by atoms with Gasteiger partial charge in [0.05, 0.1) is 6.54 Å². The maximum Gasteiger partial charge on any atom is 0.238 e. The normalized spacial score (nSPS) is 16.9. The molecule has 0 bridgehead atoms. The Kier molecular flexibility index (Phi) is 7.21. The van der Waals surface area contributed by atoms with Crippen molar-refractivity contribution in [3.8, 4) is 0 Å².